The van der Waals surface area contributed by atoms with E-state index in [1.807, 2.05) is 24.3 Å². The molecule has 1 aromatic carbocycles. The predicted molar refractivity (Wildman–Crippen MR) is 75.0 cm³/mol. The van der Waals surface area contributed by atoms with Crippen molar-refractivity contribution < 1.29 is 0 Å². The van der Waals surface area contributed by atoms with Gasteiger partial charge in [0, 0.05) is 9.37 Å². The van der Waals surface area contributed by atoms with Crippen LogP contribution in [-0.4, -0.2) is 19.9 Å². The third kappa shape index (κ3) is 2.36. The minimum Gasteiger partial charge on any atom is -0.341 e. The quantitative estimate of drug-likeness (QED) is 0.567. The lowest BCUT2D eigenvalue weighted by Crippen LogP contribution is -1.88. The van der Waals surface area contributed by atoms with Crippen molar-refractivity contribution in [2.45, 2.75) is 9.92 Å². The van der Waals surface area contributed by atoms with Crippen LogP contribution in [-0.2, 0) is 0 Å². The summed E-state index contributed by atoms with van der Waals surface area (Å²) in [6, 6.07) is 7.97. The van der Waals surface area contributed by atoms with E-state index >= 15 is 0 Å². The molecule has 0 amide bonds. The monoisotopic (exact) mass is 340 g/mol. The molecule has 0 aliphatic carbocycles. The number of benzene rings is 1. The van der Waals surface area contributed by atoms with E-state index in [0.29, 0.717) is 5.65 Å². The molecular weight excluding hydrogens is 336 g/mol. The van der Waals surface area contributed by atoms with Gasteiger partial charge in [-0.05, 0) is 29.8 Å². The molecule has 7 heteroatoms. The molecule has 3 rings (SSSR count). The number of nitrogens with zero attached hydrogens (tertiary/aromatic N) is 3. The van der Waals surface area contributed by atoms with Crippen molar-refractivity contribution in [1.82, 2.24) is 19.9 Å². The van der Waals surface area contributed by atoms with Crippen molar-refractivity contribution in [3.05, 3.63) is 40.3 Å². The van der Waals surface area contributed by atoms with Crippen LogP contribution in [0.15, 0.2) is 45.0 Å². The molecule has 0 saturated carbocycles. The van der Waals surface area contributed by atoms with E-state index < -0.39 is 0 Å². The Morgan fingerprint density at radius 3 is 3.00 bits per heavy atom. The van der Waals surface area contributed by atoms with E-state index in [4.69, 9.17) is 11.6 Å². The van der Waals surface area contributed by atoms with Crippen LogP contribution in [0.5, 0.6) is 0 Å². The zero-order chi connectivity index (χ0) is 12.5. The zero-order valence-corrected chi connectivity index (χ0v) is 12.1. The van der Waals surface area contributed by atoms with Crippen LogP contribution >= 0.6 is 39.3 Å². The van der Waals surface area contributed by atoms with Crippen molar-refractivity contribution in [1.29, 1.82) is 0 Å². The van der Waals surface area contributed by atoms with E-state index in [1.165, 1.54) is 11.8 Å². The van der Waals surface area contributed by atoms with Gasteiger partial charge in [0.1, 0.15) is 10.5 Å². The van der Waals surface area contributed by atoms with Crippen molar-refractivity contribution in [3.8, 4) is 0 Å². The zero-order valence-electron chi connectivity index (χ0n) is 8.89. The summed E-state index contributed by atoms with van der Waals surface area (Å²) >= 11 is 10.8. The lowest BCUT2D eigenvalue weighted by atomic mass is 10.4. The van der Waals surface area contributed by atoms with Gasteiger partial charge in [0.2, 0.25) is 5.28 Å². The van der Waals surface area contributed by atoms with E-state index in [9.17, 15) is 0 Å². The summed E-state index contributed by atoms with van der Waals surface area (Å²) < 4.78 is 1.02. The number of hydrogen-bond donors (Lipinski definition) is 1. The Balaban J connectivity index is 2.06. The maximum absolute atomic E-state index is 5.88. The van der Waals surface area contributed by atoms with Crippen LogP contribution in [0.3, 0.4) is 0 Å². The van der Waals surface area contributed by atoms with E-state index in [2.05, 4.69) is 35.9 Å². The van der Waals surface area contributed by atoms with Crippen molar-refractivity contribution in [3.63, 3.8) is 0 Å². The molecule has 18 heavy (non-hydrogen) atoms. The van der Waals surface area contributed by atoms with Gasteiger partial charge in [0.05, 0.1) is 6.33 Å². The Morgan fingerprint density at radius 2 is 2.17 bits per heavy atom. The molecule has 0 atom stereocenters. The first-order chi connectivity index (χ1) is 8.72. The van der Waals surface area contributed by atoms with Crippen LogP contribution in [0.1, 0.15) is 0 Å². The van der Waals surface area contributed by atoms with Crippen LogP contribution in [0.2, 0.25) is 5.28 Å². The Hall–Kier alpha value is -1.11. The number of nitrogens with one attached hydrogen (secondary N) is 1. The first-order valence-electron chi connectivity index (χ1n) is 5.02. The number of rotatable bonds is 2. The molecule has 0 radical (unpaired) electrons. The Kier molecular flexibility index (Phi) is 3.23. The second-order valence-electron chi connectivity index (χ2n) is 3.46. The van der Waals surface area contributed by atoms with Crippen molar-refractivity contribution >= 4 is 50.5 Å². The highest BCUT2D eigenvalue weighted by molar-refractivity contribution is 9.10. The van der Waals surface area contributed by atoms with Crippen molar-refractivity contribution in [2.24, 2.45) is 0 Å². The van der Waals surface area contributed by atoms with E-state index in [1.54, 1.807) is 6.33 Å². The summed E-state index contributed by atoms with van der Waals surface area (Å²) in [4.78, 5) is 16.4. The van der Waals surface area contributed by atoms with Gasteiger partial charge < -0.3 is 4.98 Å². The summed E-state index contributed by atoms with van der Waals surface area (Å²) in [7, 11) is 0. The average molecular weight is 342 g/mol. The number of hydrogen-bond acceptors (Lipinski definition) is 4. The van der Waals surface area contributed by atoms with E-state index in [0.717, 1.165) is 19.9 Å². The smallest absolute Gasteiger partial charge is 0.225 e. The molecule has 3 aromatic rings. The standard InChI is InChI=1S/C11H6BrClN4S/c12-6-2-1-3-7(4-6)18-10-8-9(15-5-14-8)16-11(13)17-10/h1-5H,(H,14,15,16,17). The fourth-order valence-electron chi connectivity index (χ4n) is 1.50. The van der Waals surface area contributed by atoms with Gasteiger partial charge in [0.15, 0.2) is 5.65 Å². The summed E-state index contributed by atoms with van der Waals surface area (Å²) in [6.07, 6.45) is 1.58. The average Bonchev–Trinajstić information content (AvgIpc) is 2.77. The van der Waals surface area contributed by atoms with Crippen LogP contribution in [0.25, 0.3) is 11.2 Å². The first kappa shape index (κ1) is 12.0. The number of aromatic amines is 1. The normalized spacial score (nSPS) is 11.0. The van der Waals surface area contributed by atoms with Gasteiger partial charge >= 0.3 is 0 Å². The second kappa shape index (κ2) is 4.87. The maximum Gasteiger partial charge on any atom is 0.225 e. The van der Waals surface area contributed by atoms with Crippen LogP contribution < -0.4 is 0 Å². The minimum atomic E-state index is 0.201. The molecule has 0 aliphatic rings. The summed E-state index contributed by atoms with van der Waals surface area (Å²) in [5.74, 6) is 0. The Labute approximate surface area is 120 Å². The lowest BCUT2D eigenvalue weighted by Gasteiger charge is -2.02. The summed E-state index contributed by atoms with van der Waals surface area (Å²) in [5.41, 5.74) is 1.37. The number of imidazole rings is 1. The molecule has 2 aromatic heterocycles. The molecule has 0 fully saturated rings. The lowest BCUT2D eigenvalue weighted by molar-refractivity contribution is 1.08. The molecule has 2 heterocycles. The topological polar surface area (TPSA) is 54.5 Å². The fourth-order valence-corrected chi connectivity index (χ4v) is 3.20. The first-order valence-corrected chi connectivity index (χ1v) is 7.01. The molecule has 4 nitrogen and oxygen atoms in total. The maximum atomic E-state index is 5.88. The van der Waals surface area contributed by atoms with Gasteiger partial charge in [-0.15, -0.1) is 0 Å². The Bertz CT molecular complexity index is 715. The highest BCUT2D eigenvalue weighted by Crippen LogP contribution is 2.32. The summed E-state index contributed by atoms with van der Waals surface area (Å²) in [6.45, 7) is 0. The number of fused-ring (bicyclic) bond motifs is 1. The minimum absolute atomic E-state index is 0.201. The molecule has 90 valence electrons. The molecule has 0 bridgehead atoms. The third-order valence-corrected chi connectivity index (χ3v) is 3.88. The second-order valence-corrected chi connectivity index (χ2v) is 5.77. The van der Waals surface area contributed by atoms with Gasteiger partial charge in [-0.2, -0.15) is 4.98 Å². The molecule has 1 N–H and O–H groups in total. The van der Waals surface area contributed by atoms with Gasteiger partial charge in [0.25, 0.3) is 0 Å². The van der Waals surface area contributed by atoms with Crippen LogP contribution in [0.4, 0.5) is 0 Å². The molecule has 0 unspecified atom stereocenters. The van der Waals surface area contributed by atoms with Gasteiger partial charge in [-0.3, -0.25) is 0 Å². The van der Waals surface area contributed by atoms with Crippen LogP contribution in [0, 0.1) is 0 Å². The Morgan fingerprint density at radius 1 is 1.28 bits per heavy atom. The number of aromatic nitrogens is 4. The number of halogens is 2. The van der Waals surface area contributed by atoms with Gasteiger partial charge in [-0.25, -0.2) is 9.97 Å². The largest absolute Gasteiger partial charge is 0.341 e. The summed E-state index contributed by atoms with van der Waals surface area (Å²) in [5, 5.41) is 0.965. The third-order valence-electron chi connectivity index (χ3n) is 2.24. The molecular formula is C11H6BrClN4S. The van der Waals surface area contributed by atoms with E-state index in [-0.39, 0.29) is 5.28 Å². The molecule has 0 aliphatic heterocycles. The fraction of sp³-hybridized carbons (Fsp3) is 0. The molecule has 0 spiro atoms. The highest BCUT2D eigenvalue weighted by Gasteiger charge is 2.10. The predicted octanol–water partition coefficient (Wildman–Crippen LogP) is 3.92. The van der Waals surface area contributed by atoms with Gasteiger partial charge in [-0.1, -0.05) is 33.8 Å². The SMILES string of the molecule is Clc1nc(Sc2cccc(Br)c2)c2[nH]cnc2n1. The molecule has 0 saturated heterocycles. The van der Waals surface area contributed by atoms with Crippen molar-refractivity contribution in [2.75, 3.05) is 0 Å². The number of H-pyrrole nitrogens is 1. The highest BCUT2D eigenvalue weighted by atomic mass is 79.9.